The standard InChI is InChI=1S/C22H29F4N3O2/c1-14-20(31)27-8-11-28(14)9-4-18(29-10-7-21(5-6-21)19(30)13-29)15-2-3-16(17(23)12-15)22(24,25)26/h2-3,12,14,18-19,30H,4-11,13H2,1H3,(H,27,31)/t14-,18?,19-/m1/s1. The first-order chi connectivity index (χ1) is 14.6. The largest absolute Gasteiger partial charge is 0.419 e. The van der Waals surface area contributed by atoms with Crippen molar-refractivity contribution in [3.05, 3.63) is 35.1 Å². The molecule has 2 heterocycles. The fourth-order valence-corrected chi connectivity index (χ4v) is 5.02. The zero-order valence-corrected chi connectivity index (χ0v) is 17.6. The molecule has 2 N–H and O–H groups in total. The molecule has 4 rings (SSSR count). The van der Waals surface area contributed by atoms with Crippen molar-refractivity contribution in [3.8, 4) is 0 Å². The highest BCUT2D eigenvalue weighted by Gasteiger charge is 2.52. The number of β-amino-alcohol motifs (C(OH)–C–C–N with tert-alkyl or cyclic N) is 1. The summed E-state index contributed by atoms with van der Waals surface area (Å²) >= 11 is 0. The SMILES string of the molecule is C[C@@H]1C(=O)NCCN1CCC(c1ccc(C(F)(F)F)c(F)c1)N1CCC2(CC2)[C@H](O)C1. The number of piperidine rings is 1. The monoisotopic (exact) mass is 443 g/mol. The van der Waals surface area contributed by atoms with Crippen molar-refractivity contribution in [2.75, 3.05) is 32.7 Å². The van der Waals surface area contributed by atoms with E-state index >= 15 is 0 Å². The number of nitrogens with one attached hydrogen (secondary N) is 1. The number of carbonyl (C=O) groups is 1. The molecule has 2 saturated heterocycles. The van der Waals surface area contributed by atoms with Gasteiger partial charge in [0.15, 0.2) is 0 Å². The van der Waals surface area contributed by atoms with Crippen molar-refractivity contribution >= 4 is 5.91 Å². The van der Waals surface area contributed by atoms with E-state index in [9.17, 15) is 27.5 Å². The van der Waals surface area contributed by atoms with E-state index in [-0.39, 0.29) is 23.4 Å². The van der Waals surface area contributed by atoms with Gasteiger partial charge >= 0.3 is 6.18 Å². The van der Waals surface area contributed by atoms with Crippen molar-refractivity contribution in [1.29, 1.82) is 0 Å². The number of amides is 1. The molecule has 1 aromatic rings. The molecule has 2 aliphatic heterocycles. The molecule has 1 aliphatic carbocycles. The second kappa shape index (κ2) is 8.33. The van der Waals surface area contributed by atoms with Gasteiger partial charge in [-0.1, -0.05) is 6.07 Å². The number of likely N-dealkylation sites (tertiary alicyclic amines) is 1. The van der Waals surface area contributed by atoms with Crippen LogP contribution in [-0.4, -0.2) is 65.7 Å². The first-order valence-electron chi connectivity index (χ1n) is 10.9. The maximum Gasteiger partial charge on any atom is 0.419 e. The third-order valence-corrected chi connectivity index (χ3v) is 7.34. The summed E-state index contributed by atoms with van der Waals surface area (Å²) in [7, 11) is 0. The number of alkyl halides is 3. The maximum atomic E-state index is 14.3. The molecular weight excluding hydrogens is 414 g/mol. The van der Waals surface area contributed by atoms with Crippen LogP contribution in [0.5, 0.6) is 0 Å². The highest BCUT2D eigenvalue weighted by atomic mass is 19.4. The van der Waals surface area contributed by atoms with Crippen LogP contribution in [0.15, 0.2) is 18.2 Å². The van der Waals surface area contributed by atoms with Crippen LogP contribution in [0.4, 0.5) is 17.6 Å². The lowest BCUT2D eigenvalue weighted by Gasteiger charge is -2.42. The van der Waals surface area contributed by atoms with E-state index in [1.807, 2.05) is 11.8 Å². The molecule has 31 heavy (non-hydrogen) atoms. The van der Waals surface area contributed by atoms with Crippen LogP contribution >= 0.6 is 0 Å². The highest BCUT2D eigenvalue weighted by Crippen LogP contribution is 2.54. The molecule has 1 spiro atoms. The number of halogens is 4. The van der Waals surface area contributed by atoms with Crippen LogP contribution in [0.1, 0.15) is 49.8 Å². The number of hydrogen-bond acceptors (Lipinski definition) is 4. The van der Waals surface area contributed by atoms with E-state index < -0.39 is 23.7 Å². The zero-order chi connectivity index (χ0) is 22.4. The van der Waals surface area contributed by atoms with Gasteiger partial charge < -0.3 is 10.4 Å². The van der Waals surface area contributed by atoms with Crippen LogP contribution in [0, 0.1) is 11.2 Å². The Hall–Kier alpha value is -1.71. The van der Waals surface area contributed by atoms with Gasteiger partial charge in [-0.2, -0.15) is 13.2 Å². The molecule has 9 heteroatoms. The first kappa shape index (κ1) is 22.5. The summed E-state index contributed by atoms with van der Waals surface area (Å²) in [5.74, 6) is -1.33. The van der Waals surface area contributed by atoms with Crippen molar-refractivity contribution < 1.29 is 27.5 Å². The minimum atomic E-state index is -4.74. The normalized spacial score (nSPS) is 27.9. The molecule has 1 aromatic carbocycles. The molecule has 3 fully saturated rings. The molecular formula is C22H29F4N3O2. The van der Waals surface area contributed by atoms with Gasteiger partial charge in [0.25, 0.3) is 0 Å². The highest BCUT2D eigenvalue weighted by molar-refractivity contribution is 5.81. The molecule has 1 amide bonds. The second-order valence-electron chi connectivity index (χ2n) is 9.17. The number of benzene rings is 1. The Kier molecular flexibility index (Phi) is 6.04. The summed E-state index contributed by atoms with van der Waals surface area (Å²) in [6, 6.07) is 2.50. The summed E-state index contributed by atoms with van der Waals surface area (Å²) < 4.78 is 53.4. The lowest BCUT2D eigenvalue weighted by atomic mass is 9.88. The molecule has 0 radical (unpaired) electrons. The molecule has 3 aliphatic rings. The van der Waals surface area contributed by atoms with Crippen molar-refractivity contribution in [2.45, 2.75) is 57.0 Å². The number of nitrogens with zero attached hydrogens (tertiary/aromatic N) is 2. The summed E-state index contributed by atoms with van der Waals surface area (Å²) in [6.07, 6.45) is -1.86. The number of piperazine rings is 1. The number of hydrogen-bond donors (Lipinski definition) is 2. The third kappa shape index (κ3) is 4.59. The van der Waals surface area contributed by atoms with Gasteiger partial charge in [0.1, 0.15) is 5.82 Å². The number of rotatable bonds is 5. The summed E-state index contributed by atoms with van der Waals surface area (Å²) in [4.78, 5) is 16.1. The predicted octanol–water partition coefficient (Wildman–Crippen LogP) is 2.94. The fraction of sp³-hybridized carbons (Fsp3) is 0.682. The quantitative estimate of drug-likeness (QED) is 0.688. The predicted molar refractivity (Wildman–Crippen MR) is 107 cm³/mol. The van der Waals surface area contributed by atoms with Crippen molar-refractivity contribution in [2.24, 2.45) is 5.41 Å². The summed E-state index contributed by atoms with van der Waals surface area (Å²) in [5.41, 5.74) is -0.808. The third-order valence-electron chi connectivity index (χ3n) is 7.34. The average Bonchev–Trinajstić information content (AvgIpc) is 3.48. The van der Waals surface area contributed by atoms with Gasteiger partial charge in [-0.25, -0.2) is 4.39 Å². The summed E-state index contributed by atoms with van der Waals surface area (Å²) in [5, 5.41) is 13.5. The van der Waals surface area contributed by atoms with E-state index in [4.69, 9.17) is 0 Å². The molecule has 1 saturated carbocycles. The average molecular weight is 443 g/mol. The van der Waals surface area contributed by atoms with Gasteiger partial charge in [0.2, 0.25) is 5.91 Å². The molecule has 0 aromatic heterocycles. The Morgan fingerprint density at radius 2 is 2.00 bits per heavy atom. The van der Waals surface area contributed by atoms with Crippen LogP contribution in [0.25, 0.3) is 0 Å². The Morgan fingerprint density at radius 3 is 2.61 bits per heavy atom. The maximum absolute atomic E-state index is 14.3. The topological polar surface area (TPSA) is 55.8 Å². The molecule has 5 nitrogen and oxygen atoms in total. The Morgan fingerprint density at radius 1 is 1.26 bits per heavy atom. The second-order valence-corrected chi connectivity index (χ2v) is 9.17. The van der Waals surface area contributed by atoms with Crippen LogP contribution in [-0.2, 0) is 11.0 Å². The fourth-order valence-electron chi connectivity index (χ4n) is 5.02. The minimum absolute atomic E-state index is 0.00802. The van der Waals surface area contributed by atoms with Gasteiger partial charge in [0.05, 0.1) is 17.7 Å². The van der Waals surface area contributed by atoms with Gasteiger partial charge in [0, 0.05) is 32.2 Å². The van der Waals surface area contributed by atoms with E-state index in [1.54, 1.807) is 0 Å². The Labute approximate surface area is 179 Å². The Bertz CT molecular complexity index is 827. The van der Waals surface area contributed by atoms with Gasteiger partial charge in [-0.05, 0) is 62.3 Å². The van der Waals surface area contributed by atoms with E-state index in [2.05, 4.69) is 10.2 Å². The zero-order valence-electron chi connectivity index (χ0n) is 17.6. The first-order valence-corrected chi connectivity index (χ1v) is 10.9. The lowest BCUT2D eigenvalue weighted by molar-refractivity contribution is -0.140. The van der Waals surface area contributed by atoms with E-state index in [0.29, 0.717) is 44.7 Å². The van der Waals surface area contributed by atoms with Gasteiger partial charge in [-0.3, -0.25) is 14.6 Å². The van der Waals surface area contributed by atoms with E-state index in [0.717, 1.165) is 31.4 Å². The van der Waals surface area contributed by atoms with Crippen LogP contribution < -0.4 is 5.32 Å². The number of carbonyl (C=O) groups excluding carboxylic acids is 1. The van der Waals surface area contributed by atoms with Gasteiger partial charge in [-0.15, -0.1) is 0 Å². The van der Waals surface area contributed by atoms with Crippen molar-refractivity contribution in [3.63, 3.8) is 0 Å². The molecule has 3 atom stereocenters. The Balaban J connectivity index is 1.55. The van der Waals surface area contributed by atoms with Crippen molar-refractivity contribution in [1.82, 2.24) is 15.1 Å². The number of aliphatic hydroxyl groups is 1. The smallest absolute Gasteiger partial charge is 0.391 e. The lowest BCUT2D eigenvalue weighted by Crippen LogP contribution is -2.54. The summed E-state index contributed by atoms with van der Waals surface area (Å²) in [6.45, 7) is 4.74. The van der Waals surface area contributed by atoms with E-state index in [1.165, 1.54) is 6.07 Å². The minimum Gasteiger partial charge on any atom is -0.391 e. The van der Waals surface area contributed by atoms with Crippen LogP contribution in [0.2, 0.25) is 0 Å². The molecule has 172 valence electrons. The molecule has 0 bridgehead atoms. The number of aliphatic hydroxyl groups excluding tert-OH is 1. The van der Waals surface area contributed by atoms with Crippen LogP contribution in [0.3, 0.4) is 0 Å². The molecule has 1 unspecified atom stereocenters.